The number of nitrogens with zero attached hydrogens (tertiary/aromatic N) is 1. The highest BCUT2D eigenvalue weighted by Crippen LogP contribution is 2.29. The smallest absolute Gasteiger partial charge is 0.223 e. The molecule has 0 aromatic heterocycles. The second-order valence-electron chi connectivity index (χ2n) is 3.52. The van der Waals surface area contributed by atoms with Crippen LogP contribution in [-0.2, 0) is 16.5 Å². The molecule has 0 aliphatic carbocycles. The Morgan fingerprint density at radius 3 is 3.00 bits per heavy atom. The van der Waals surface area contributed by atoms with Crippen LogP contribution in [0, 0.1) is 0 Å². The van der Waals surface area contributed by atoms with E-state index in [0.717, 1.165) is 24.0 Å². The van der Waals surface area contributed by atoms with Gasteiger partial charge in [-0.05, 0) is 23.6 Å². The molecule has 0 saturated carbocycles. The molecule has 2 rings (SSSR count). The van der Waals surface area contributed by atoms with Crippen LogP contribution in [0.5, 0.6) is 0 Å². The molecule has 0 spiro atoms. The molecule has 0 radical (unpaired) electrons. The van der Waals surface area contributed by atoms with Gasteiger partial charge in [0, 0.05) is 24.5 Å². The molecule has 0 bridgehead atoms. The van der Waals surface area contributed by atoms with Crippen molar-refractivity contribution in [3.8, 4) is 0 Å². The zero-order chi connectivity index (χ0) is 10.1. The maximum atomic E-state index is 11.3. The van der Waals surface area contributed by atoms with Gasteiger partial charge in [-0.1, -0.05) is 28.1 Å². The van der Waals surface area contributed by atoms with Crippen LogP contribution in [0.15, 0.2) is 18.2 Å². The van der Waals surface area contributed by atoms with E-state index in [0.29, 0.717) is 0 Å². The zero-order valence-electron chi connectivity index (χ0n) is 8.09. The quantitative estimate of drug-likeness (QED) is 0.705. The molecule has 2 nitrogen and oxygen atoms in total. The summed E-state index contributed by atoms with van der Waals surface area (Å²) in [6, 6.07) is 6.32. The van der Waals surface area contributed by atoms with Crippen LogP contribution in [0.4, 0.5) is 5.69 Å². The van der Waals surface area contributed by atoms with E-state index in [-0.39, 0.29) is 5.91 Å². The average Bonchev–Trinajstić information content (AvgIpc) is 2.59. The van der Waals surface area contributed by atoms with E-state index in [2.05, 4.69) is 34.1 Å². The minimum absolute atomic E-state index is 0.135. The number of alkyl halides is 1. The van der Waals surface area contributed by atoms with Crippen molar-refractivity contribution in [2.45, 2.75) is 18.7 Å². The number of carbonyl (C=O) groups excluding carboxylic acids is 1. The number of hydrogen-bond acceptors (Lipinski definition) is 1. The molecule has 1 heterocycles. The summed E-state index contributed by atoms with van der Waals surface area (Å²) in [5, 5.41) is 0.839. The minimum Gasteiger partial charge on any atom is -0.312 e. The van der Waals surface area contributed by atoms with Gasteiger partial charge in [-0.15, -0.1) is 0 Å². The molecule has 1 aliphatic heterocycles. The van der Waals surface area contributed by atoms with Crippen molar-refractivity contribution in [2.75, 3.05) is 11.4 Å². The first-order valence-electron chi connectivity index (χ1n) is 4.68. The molecule has 0 N–H and O–H groups in total. The third-order valence-electron chi connectivity index (χ3n) is 2.58. The molecule has 1 aromatic carbocycles. The van der Waals surface area contributed by atoms with Gasteiger partial charge in [0.1, 0.15) is 0 Å². The first-order chi connectivity index (χ1) is 6.72. The van der Waals surface area contributed by atoms with Gasteiger partial charge in [-0.2, -0.15) is 0 Å². The lowest BCUT2D eigenvalue weighted by Crippen LogP contribution is -2.25. The molecule has 74 valence electrons. The predicted octanol–water partition coefficient (Wildman–Crippen LogP) is 2.49. The Balaban J connectivity index is 2.41. The highest BCUT2D eigenvalue weighted by atomic mass is 79.9. The maximum Gasteiger partial charge on any atom is 0.223 e. The average molecular weight is 254 g/mol. The maximum absolute atomic E-state index is 11.3. The summed E-state index contributed by atoms with van der Waals surface area (Å²) in [5.41, 5.74) is 3.59. The van der Waals surface area contributed by atoms with E-state index in [1.807, 2.05) is 4.90 Å². The minimum atomic E-state index is 0.135. The van der Waals surface area contributed by atoms with Crippen molar-refractivity contribution < 1.29 is 4.79 Å². The van der Waals surface area contributed by atoms with Crippen LogP contribution in [0.1, 0.15) is 18.1 Å². The van der Waals surface area contributed by atoms with Crippen LogP contribution in [0.3, 0.4) is 0 Å². The van der Waals surface area contributed by atoms with Gasteiger partial charge in [0.15, 0.2) is 0 Å². The van der Waals surface area contributed by atoms with Crippen LogP contribution in [-0.4, -0.2) is 12.5 Å². The van der Waals surface area contributed by atoms with Crippen LogP contribution in [0.25, 0.3) is 0 Å². The van der Waals surface area contributed by atoms with Crippen molar-refractivity contribution in [1.82, 2.24) is 0 Å². The molecule has 0 fully saturated rings. The van der Waals surface area contributed by atoms with Gasteiger partial charge in [0.2, 0.25) is 5.91 Å². The van der Waals surface area contributed by atoms with E-state index >= 15 is 0 Å². The van der Waals surface area contributed by atoms with Gasteiger partial charge in [-0.25, -0.2) is 0 Å². The van der Waals surface area contributed by atoms with Crippen molar-refractivity contribution in [2.24, 2.45) is 0 Å². The number of carbonyl (C=O) groups is 1. The fourth-order valence-corrected chi connectivity index (χ4v) is 2.18. The van der Waals surface area contributed by atoms with Gasteiger partial charge in [-0.3, -0.25) is 4.79 Å². The lowest BCUT2D eigenvalue weighted by atomic mass is 10.1. The Hall–Kier alpha value is -0.830. The molecule has 1 amide bonds. The summed E-state index contributed by atoms with van der Waals surface area (Å²) in [6.45, 7) is 2.45. The number of rotatable bonds is 1. The van der Waals surface area contributed by atoms with Gasteiger partial charge in [0.05, 0.1) is 0 Å². The number of benzene rings is 1. The van der Waals surface area contributed by atoms with Gasteiger partial charge < -0.3 is 4.90 Å². The third kappa shape index (κ3) is 1.57. The molecular formula is C11H12BrNO. The summed E-state index contributed by atoms with van der Waals surface area (Å²) in [5.74, 6) is 0.135. The topological polar surface area (TPSA) is 20.3 Å². The molecule has 0 saturated heterocycles. The van der Waals surface area contributed by atoms with E-state index in [1.165, 1.54) is 11.1 Å². The highest BCUT2D eigenvalue weighted by Gasteiger charge is 2.21. The van der Waals surface area contributed by atoms with E-state index < -0.39 is 0 Å². The van der Waals surface area contributed by atoms with Crippen molar-refractivity contribution in [3.05, 3.63) is 29.3 Å². The largest absolute Gasteiger partial charge is 0.312 e. The highest BCUT2D eigenvalue weighted by molar-refractivity contribution is 9.08. The monoisotopic (exact) mass is 253 g/mol. The van der Waals surface area contributed by atoms with E-state index in [9.17, 15) is 4.79 Å². The predicted molar refractivity (Wildman–Crippen MR) is 60.8 cm³/mol. The Morgan fingerprint density at radius 1 is 1.57 bits per heavy atom. The van der Waals surface area contributed by atoms with Crippen LogP contribution < -0.4 is 4.90 Å². The standard InChI is InChI=1S/C11H12BrNO/c1-8(14)13-5-4-10-3-2-9(7-12)6-11(10)13/h2-3,6H,4-5,7H2,1H3. The lowest BCUT2D eigenvalue weighted by molar-refractivity contribution is -0.116. The number of anilines is 1. The van der Waals surface area contributed by atoms with E-state index in [1.54, 1.807) is 6.92 Å². The Bertz CT molecular complexity index is 376. The SMILES string of the molecule is CC(=O)N1CCc2ccc(CBr)cc21. The molecular weight excluding hydrogens is 242 g/mol. The number of fused-ring (bicyclic) bond motifs is 1. The van der Waals surface area contributed by atoms with Crippen molar-refractivity contribution in [1.29, 1.82) is 0 Å². The number of hydrogen-bond donors (Lipinski definition) is 0. The van der Waals surface area contributed by atoms with Crippen molar-refractivity contribution >= 4 is 27.5 Å². The van der Waals surface area contributed by atoms with Crippen molar-refractivity contribution in [3.63, 3.8) is 0 Å². The number of amides is 1. The summed E-state index contributed by atoms with van der Waals surface area (Å²) in [4.78, 5) is 13.2. The Morgan fingerprint density at radius 2 is 2.36 bits per heavy atom. The molecule has 3 heteroatoms. The van der Waals surface area contributed by atoms with Crippen LogP contribution in [0.2, 0.25) is 0 Å². The van der Waals surface area contributed by atoms with Gasteiger partial charge >= 0.3 is 0 Å². The second-order valence-corrected chi connectivity index (χ2v) is 4.08. The van der Waals surface area contributed by atoms with Gasteiger partial charge in [0.25, 0.3) is 0 Å². The summed E-state index contributed by atoms with van der Waals surface area (Å²) in [6.07, 6.45) is 0.984. The molecule has 0 unspecified atom stereocenters. The molecule has 0 atom stereocenters. The molecule has 1 aliphatic rings. The summed E-state index contributed by atoms with van der Waals surface area (Å²) < 4.78 is 0. The first kappa shape index (κ1) is 9.71. The molecule has 14 heavy (non-hydrogen) atoms. The molecule has 1 aromatic rings. The number of halogens is 1. The fourth-order valence-electron chi connectivity index (χ4n) is 1.83. The summed E-state index contributed by atoms with van der Waals surface area (Å²) in [7, 11) is 0. The van der Waals surface area contributed by atoms with Crippen LogP contribution >= 0.6 is 15.9 Å². The van der Waals surface area contributed by atoms with E-state index in [4.69, 9.17) is 0 Å². The Kier molecular flexibility index (Phi) is 2.59. The second kappa shape index (κ2) is 3.73. The lowest BCUT2D eigenvalue weighted by Gasteiger charge is -2.15. The Labute approximate surface area is 92.0 Å². The third-order valence-corrected chi connectivity index (χ3v) is 3.23. The first-order valence-corrected chi connectivity index (χ1v) is 5.80. The normalized spacial score (nSPS) is 14.3. The summed E-state index contributed by atoms with van der Waals surface area (Å²) >= 11 is 3.42. The zero-order valence-corrected chi connectivity index (χ0v) is 9.67. The fraction of sp³-hybridized carbons (Fsp3) is 0.364.